The Kier molecular flexibility index (Phi) is 5.19. The number of hydrogen-bond acceptors (Lipinski definition) is 3. The summed E-state index contributed by atoms with van der Waals surface area (Å²) in [5.41, 5.74) is 5.31. The minimum absolute atomic E-state index is 0.710. The molecule has 0 amide bonds. The van der Waals surface area contributed by atoms with Gasteiger partial charge in [-0.15, -0.1) is 0 Å². The zero-order valence-corrected chi connectivity index (χ0v) is 14.8. The zero-order chi connectivity index (χ0) is 16.9. The van der Waals surface area contributed by atoms with Gasteiger partial charge in [0.1, 0.15) is 11.3 Å². The normalized spacial score (nSPS) is 11.1. The van der Waals surface area contributed by atoms with Crippen LogP contribution in [0.2, 0.25) is 0 Å². The molecule has 0 aliphatic carbocycles. The van der Waals surface area contributed by atoms with Crippen molar-refractivity contribution in [2.75, 3.05) is 7.11 Å². The van der Waals surface area contributed by atoms with Gasteiger partial charge in [0.15, 0.2) is 5.58 Å². The quantitative estimate of drug-likeness (QED) is 0.505. The van der Waals surface area contributed by atoms with Crippen molar-refractivity contribution in [3.63, 3.8) is 0 Å². The highest BCUT2D eigenvalue weighted by Crippen LogP contribution is 2.32. The van der Waals surface area contributed by atoms with E-state index in [9.17, 15) is 0 Å². The minimum Gasteiger partial charge on any atom is -0.497 e. The summed E-state index contributed by atoms with van der Waals surface area (Å²) in [7, 11) is 1.66. The van der Waals surface area contributed by atoms with Crippen LogP contribution in [0.3, 0.4) is 0 Å². The molecule has 3 heteroatoms. The van der Waals surface area contributed by atoms with Gasteiger partial charge in [-0.2, -0.15) is 0 Å². The molecule has 3 aromatic rings. The first kappa shape index (κ1) is 16.6. The maximum absolute atomic E-state index is 6.04. The number of oxazole rings is 1. The Labute approximate surface area is 143 Å². The Balaban J connectivity index is 1.95. The van der Waals surface area contributed by atoms with E-state index >= 15 is 0 Å². The third-order valence-corrected chi connectivity index (χ3v) is 4.47. The lowest BCUT2D eigenvalue weighted by molar-refractivity contribution is 0.415. The topological polar surface area (TPSA) is 35.3 Å². The molecule has 1 heterocycles. The Morgan fingerprint density at radius 2 is 1.96 bits per heavy atom. The molecule has 1 aromatic heterocycles. The highest BCUT2D eigenvalue weighted by atomic mass is 16.5. The highest BCUT2D eigenvalue weighted by Gasteiger charge is 2.15. The lowest BCUT2D eigenvalue weighted by Crippen LogP contribution is -1.94. The van der Waals surface area contributed by atoms with Crippen LogP contribution >= 0.6 is 0 Å². The molecule has 126 valence electrons. The maximum atomic E-state index is 6.04. The molecule has 24 heavy (non-hydrogen) atoms. The Bertz CT molecular complexity index is 820. The Morgan fingerprint density at radius 3 is 2.75 bits per heavy atom. The van der Waals surface area contributed by atoms with Gasteiger partial charge in [0.25, 0.3) is 0 Å². The summed E-state index contributed by atoms with van der Waals surface area (Å²) in [6.45, 7) is 4.37. The lowest BCUT2D eigenvalue weighted by atomic mass is 9.97. The molecule has 3 rings (SSSR count). The average molecular weight is 323 g/mol. The zero-order valence-electron chi connectivity index (χ0n) is 14.8. The molecule has 0 bridgehead atoms. The third-order valence-electron chi connectivity index (χ3n) is 4.47. The van der Waals surface area contributed by atoms with E-state index in [1.54, 1.807) is 7.11 Å². The van der Waals surface area contributed by atoms with Crippen LogP contribution in [0.1, 0.15) is 43.7 Å². The van der Waals surface area contributed by atoms with E-state index in [0.29, 0.717) is 5.89 Å². The molecule has 0 radical (unpaired) electrons. The summed E-state index contributed by atoms with van der Waals surface area (Å²) >= 11 is 0. The monoisotopic (exact) mass is 323 g/mol. The predicted molar refractivity (Wildman–Crippen MR) is 98.6 cm³/mol. The van der Waals surface area contributed by atoms with E-state index in [2.05, 4.69) is 32.0 Å². The third kappa shape index (κ3) is 3.45. The molecule has 0 aliphatic rings. The van der Waals surface area contributed by atoms with Gasteiger partial charge in [-0.05, 0) is 43.0 Å². The molecular weight excluding hydrogens is 298 g/mol. The number of hydrogen-bond donors (Lipinski definition) is 0. The van der Waals surface area contributed by atoms with Gasteiger partial charge in [0.2, 0.25) is 5.89 Å². The van der Waals surface area contributed by atoms with Crippen LogP contribution in [0, 0.1) is 6.92 Å². The first-order valence-electron chi connectivity index (χ1n) is 8.76. The number of methoxy groups -OCH3 is 1. The lowest BCUT2D eigenvalue weighted by Gasteiger charge is -2.09. The van der Waals surface area contributed by atoms with Crippen LogP contribution in [-0.4, -0.2) is 12.1 Å². The molecule has 0 saturated carbocycles. The molecule has 0 fully saturated rings. The van der Waals surface area contributed by atoms with Crippen LogP contribution in [0.15, 0.2) is 40.8 Å². The Morgan fingerprint density at radius 1 is 1.08 bits per heavy atom. The molecule has 3 nitrogen and oxygen atoms in total. The van der Waals surface area contributed by atoms with Crippen molar-refractivity contribution >= 4 is 11.1 Å². The number of aromatic nitrogens is 1. The fourth-order valence-electron chi connectivity index (χ4n) is 3.13. The number of unbranched alkanes of at least 4 members (excludes halogenated alkanes) is 3. The van der Waals surface area contributed by atoms with Crippen molar-refractivity contribution < 1.29 is 9.15 Å². The smallest absolute Gasteiger partial charge is 0.227 e. The summed E-state index contributed by atoms with van der Waals surface area (Å²) in [6.07, 6.45) is 6.10. The van der Waals surface area contributed by atoms with E-state index in [1.165, 1.54) is 36.8 Å². The van der Waals surface area contributed by atoms with Crippen LogP contribution in [0.25, 0.3) is 22.6 Å². The summed E-state index contributed by atoms with van der Waals surface area (Å²) in [4.78, 5) is 4.71. The molecule has 2 aromatic carbocycles. The summed E-state index contributed by atoms with van der Waals surface area (Å²) in [6, 6.07) is 12.2. The van der Waals surface area contributed by atoms with Crippen LogP contribution in [0.4, 0.5) is 0 Å². The minimum atomic E-state index is 0.710. The Hall–Kier alpha value is -2.29. The molecule has 0 aliphatic heterocycles. The number of ether oxygens (including phenoxy) is 1. The van der Waals surface area contributed by atoms with Crippen LogP contribution in [0.5, 0.6) is 5.75 Å². The molecule has 0 saturated heterocycles. The van der Waals surface area contributed by atoms with E-state index in [-0.39, 0.29) is 0 Å². The summed E-state index contributed by atoms with van der Waals surface area (Å²) in [5, 5.41) is 0. The average Bonchev–Trinajstić information content (AvgIpc) is 3.01. The fourth-order valence-corrected chi connectivity index (χ4v) is 3.13. The van der Waals surface area contributed by atoms with Gasteiger partial charge in [0.05, 0.1) is 7.11 Å². The molecule has 0 spiro atoms. The first-order chi connectivity index (χ1) is 11.7. The maximum Gasteiger partial charge on any atom is 0.227 e. The second kappa shape index (κ2) is 7.52. The summed E-state index contributed by atoms with van der Waals surface area (Å²) in [5.74, 6) is 1.51. The number of benzene rings is 2. The van der Waals surface area contributed by atoms with Crippen molar-refractivity contribution in [1.29, 1.82) is 0 Å². The molecule has 0 atom stereocenters. The second-order valence-corrected chi connectivity index (χ2v) is 6.27. The van der Waals surface area contributed by atoms with Crippen molar-refractivity contribution in [3.8, 4) is 17.2 Å². The van der Waals surface area contributed by atoms with E-state index in [4.69, 9.17) is 14.1 Å². The molecule has 0 unspecified atom stereocenters. The van der Waals surface area contributed by atoms with Gasteiger partial charge in [-0.1, -0.05) is 44.4 Å². The molecule has 0 N–H and O–H groups in total. The van der Waals surface area contributed by atoms with Crippen molar-refractivity contribution in [2.45, 2.75) is 46.0 Å². The molecular formula is C21H25NO2. The SMILES string of the molecule is CCCCCCc1cccc(C)c1-c1nc2cc(OC)ccc2o1. The number of aryl methyl sites for hydroxylation is 2. The van der Waals surface area contributed by atoms with Crippen molar-refractivity contribution in [1.82, 2.24) is 4.98 Å². The van der Waals surface area contributed by atoms with Gasteiger partial charge < -0.3 is 9.15 Å². The van der Waals surface area contributed by atoms with Gasteiger partial charge in [-0.25, -0.2) is 4.98 Å². The predicted octanol–water partition coefficient (Wildman–Crippen LogP) is 5.93. The van der Waals surface area contributed by atoms with Crippen molar-refractivity contribution in [2.24, 2.45) is 0 Å². The van der Waals surface area contributed by atoms with Crippen LogP contribution < -0.4 is 4.74 Å². The number of nitrogens with zero attached hydrogens (tertiary/aromatic N) is 1. The fraction of sp³-hybridized carbons (Fsp3) is 0.381. The highest BCUT2D eigenvalue weighted by molar-refractivity contribution is 5.79. The summed E-state index contributed by atoms with van der Waals surface area (Å²) < 4.78 is 11.3. The van der Waals surface area contributed by atoms with Gasteiger partial charge in [-0.3, -0.25) is 0 Å². The van der Waals surface area contributed by atoms with Crippen molar-refractivity contribution in [3.05, 3.63) is 47.5 Å². The number of rotatable bonds is 7. The van der Waals surface area contributed by atoms with Crippen LogP contribution in [-0.2, 0) is 6.42 Å². The first-order valence-corrected chi connectivity index (χ1v) is 8.76. The van der Waals surface area contributed by atoms with E-state index < -0.39 is 0 Å². The van der Waals surface area contributed by atoms with Gasteiger partial charge in [0, 0.05) is 11.6 Å². The van der Waals surface area contributed by atoms with Gasteiger partial charge >= 0.3 is 0 Å². The largest absolute Gasteiger partial charge is 0.497 e. The van der Waals surface area contributed by atoms with E-state index in [0.717, 1.165) is 28.8 Å². The van der Waals surface area contributed by atoms with E-state index in [1.807, 2.05) is 18.2 Å². The number of fused-ring (bicyclic) bond motifs is 1. The standard InChI is InChI=1S/C21H25NO2/c1-4-5-6-7-10-16-11-8-9-15(2)20(16)21-22-18-14-17(23-3)12-13-19(18)24-21/h8-9,11-14H,4-7,10H2,1-3H3. The second-order valence-electron chi connectivity index (χ2n) is 6.27.